The van der Waals surface area contributed by atoms with Crippen molar-refractivity contribution in [1.29, 1.82) is 0 Å². The maximum atomic E-state index is 9.11. The zero-order valence-corrected chi connectivity index (χ0v) is 9.11. The van der Waals surface area contributed by atoms with Crippen LogP contribution in [0, 0.1) is 0 Å². The molecule has 14 heavy (non-hydrogen) atoms. The third-order valence-electron chi connectivity index (χ3n) is 2.08. The van der Waals surface area contributed by atoms with E-state index in [1.165, 1.54) is 0 Å². The summed E-state index contributed by atoms with van der Waals surface area (Å²) in [5.41, 5.74) is 1.94. The number of hydrogen-bond donors (Lipinski definition) is 1. The Kier molecular flexibility index (Phi) is 2.70. The van der Waals surface area contributed by atoms with Gasteiger partial charge in [-0.05, 0) is 30.3 Å². The third kappa shape index (κ3) is 1.74. The molecular formula is C11H10BrNO. The minimum absolute atomic E-state index is 0.0551. The van der Waals surface area contributed by atoms with Crippen LogP contribution in [0.4, 0.5) is 0 Å². The summed E-state index contributed by atoms with van der Waals surface area (Å²) in [5, 5.41) is 9.11. The maximum absolute atomic E-state index is 9.11. The summed E-state index contributed by atoms with van der Waals surface area (Å²) in [6.07, 6.45) is 1.94. The van der Waals surface area contributed by atoms with Gasteiger partial charge in [0, 0.05) is 22.1 Å². The highest BCUT2D eigenvalue weighted by Crippen LogP contribution is 2.17. The summed E-state index contributed by atoms with van der Waals surface area (Å²) in [6, 6.07) is 11.8. The van der Waals surface area contributed by atoms with Crippen molar-refractivity contribution in [2.24, 2.45) is 0 Å². The van der Waals surface area contributed by atoms with Crippen molar-refractivity contribution in [2.75, 3.05) is 0 Å². The fraction of sp³-hybridized carbons (Fsp3) is 0.0909. The van der Waals surface area contributed by atoms with E-state index in [2.05, 4.69) is 15.9 Å². The van der Waals surface area contributed by atoms with Crippen LogP contribution in [0.15, 0.2) is 47.1 Å². The Morgan fingerprint density at radius 2 is 2.07 bits per heavy atom. The molecule has 2 nitrogen and oxygen atoms in total. The normalized spacial score (nSPS) is 10.4. The summed E-state index contributed by atoms with van der Waals surface area (Å²) in [7, 11) is 0. The number of benzene rings is 1. The fourth-order valence-corrected chi connectivity index (χ4v) is 1.81. The third-order valence-corrected chi connectivity index (χ3v) is 2.57. The number of aliphatic hydroxyl groups is 1. The summed E-state index contributed by atoms with van der Waals surface area (Å²) < 4.78 is 3.00. The molecule has 2 aromatic rings. The van der Waals surface area contributed by atoms with Gasteiger partial charge >= 0.3 is 0 Å². The molecule has 0 saturated heterocycles. The van der Waals surface area contributed by atoms with Crippen LogP contribution >= 0.6 is 15.9 Å². The molecule has 0 aliphatic carbocycles. The monoisotopic (exact) mass is 251 g/mol. The van der Waals surface area contributed by atoms with Gasteiger partial charge < -0.3 is 9.67 Å². The number of halogens is 1. The highest BCUT2D eigenvalue weighted by atomic mass is 79.9. The molecule has 0 bridgehead atoms. The number of aliphatic hydroxyl groups excluding tert-OH is 1. The van der Waals surface area contributed by atoms with Crippen LogP contribution < -0.4 is 0 Å². The first-order valence-electron chi connectivity index (χ1n) is 4.34. The van der Waals surface area contributed by atoms with Crippen molar-refractivity contribution < 1.29 is 5.11 Å². The van der Waals surface area contributed by atoms with Gasteiger partial charge in [0.2, 0.25) is 0 Å². The lowest BCUT2D eigenvalue weighted by Crippen LogP contribution is -1.97. The van der Waals surface area contributed by atoms with Gasteiger partial charge in [-0.3, -0.25) is 0 Å². The van der Waals surface area contributed by atoms with E-state index in [0.717, 1.165) is 15.9 Å². The second-order valence-corrected chi connectivity index (χ2v) is 3.92. The lowest BCUT2D eigenvalue weighted by Gasteiger charge is -2.07. The Balaban J connectivity index is 2.49. The molecule has 0 aliphatic rings. The lowest BCUT2D eigenvalue weighted by molar-refractivity contribution is 0.274. The largest absolute Gasteiger partial charge is 0.390 e. The predicted molar refractivity (Wildman–Crippen MR) is 59.4 cm³/mol. The van der Waals surface area contributed by atoms with Crippen LogP contribution in [0.3, 0.4) is 0 Å². The Hall–Kier alpha value is -1.06. The molecule has 3 heteroatoms. The molecular weight excluding hydrogens is 242 g/mol. The molecule has 0 amide bonds. The molecule has 1 aromatic carbocycles. The molecule has 1 N–H and O–H groups in total. The van der Waals surface area contributed by atoms with Gasteiger partial charge in [-0.1, -0.05) is 22.0 Å². The first-order valence-corrected chi connectivity index (χ1v) is 5.13. The molecule has 72 valence electrons. The van der Waals surface area contributed by atoms with Crippen LogP contribution in [-0.2, 0) is 6.61 Å². The van der Waals surface area contributed by atoms with E-state index in [9.17, 15) is 0 Å². The Morgan fingerprint density at radius 3 is 2.79 bits per heavy atom. The van der Waals surface area contributed by atoms with Gasteiger partial charge in [0.25, 0.3) is 0 Å². The van der Waals surface area contributed by atoms with Crippen molar-refractivity contribution in [3.05, 3.63) is 52.8 Å². The quantitative estimate of drug-likeness (QED) is 0.873. The number of rotatable bonds is 2. The minimum atomic E-state index is 0.0551. The highest BCUT2D eigenvalue weighted by molar-refractivity contribution is 9.10. The topological polar surface area (TPSA) is 25.2 Å². The van der Waals surface area contributed by atoms with Gasteiger partial charge in [-0.15, -0.1) is 0 Å². The Bertz CT molecular complexity index is 436. The zero-order chi connectivity index (χ0) is 9.97. The zero-order valence-electron chi connectivity index (χ0n) is 7.52. The van der Waals surface area contributed by atoms with E-state index >= 15 is 0 Å². The van der Waals surface area contributed by atoms with E-state index in [4.69, 9.17) is 5.11 Å². The van der Waals surface area contributed by atoms with Crippen molar-refractivity contribution in [1.82, 2.24) is 4.57 Å². The van der Waals surface area contributed by atoms with Crippen LogP contribution in [0.5, 0.6) is 0 Å². The predicted octanol–water partition coefficient (Wildman–Crippen LogP) is 2.73. The Morgan fingerprint density at radius 1 is 1.21 bits per heavy atom. The minimum Gasteiger partial charge on any atom is -0.390 e. The molecule has 0 aliphatic heterocycles. The molecule has 0 radical (unpaired) electrons. The molecule has 0 unspecified atom stereocenters. The maximum Gasteiger partial charge on any atom is 0.0836 e. The lowest BCUT2D eigenvalue weighted by atomic mass is 10.3. The SMILES string of the molecule is OCc1cccn1-c1cccc(Br)c1. The number of aromatic nitrogens is 1. The van der Waals surface area contributed by atoms with Gasteiger partial charge in [-0.2, -0.15) is 0 Å². The van der Waals surface area contributed by atoms with Gasteiger partial charge in [0.1, 0.15) is 0 Å². The van der Waals surface area contributed by atoms with Gasteiger partial charge in [0.05, 0.1) is 6.61 Å². The van der Waals surface area contributed by atoms with E-state index in [-0.39, 0.29) is 6.61 Å². The number of nitrogens with zero attached hydrogens (tertiary/aromatic N) is 1. The van der Waals surface area contributed by atoms with Crippen molar-refractivity contribution in [2.45, 2.75) is 6.61 Å². The summed E-state index contributed by atoms with van der Waals surface area (Å²) in [4.78, 5) is 0. The summed E-state index contributed by atoms with van der Waals surface area (Å²) in [6.45, 7) is 0.0551. The molecule has 1 aromatic heterocycles. The van der Waals surface area contributed by atoms with E-state index in [0.29, 0.717) is 0 Å². The van der Waals surface area contributed by atoms with Crippen LogP contribution in [0.2, 0.25) is 0 Å². The molecule has 2 rings (SSSR count). The summed E-state index contributed by atoms with van der Waals surface area (Å²) >= 11 is 3.42. The number of hydrogen-bond acceptors (Lipinski definition) is 1. The molecule has 0 fully saturated rings. The van der Waals surface area contributed by atoms with E-state index in [1.54, 1.807) is 0 Å². The average molecular weight is 252 g/mol. The molecule has 0 saturated carbocycles. The van der Waals surface area contributed by atoms with Crippen molar-refractivity contribution in [3.63, 3.8) is 0 Å². The van der Waals surface area contributed by atoms with Crippen molar-refractivity contribution >= 4 is 15.9 Å². The van der Waals surface area contributed by atoms with Gasteiger partial charge in [-0.25, -0.2) is 0 Å². The second-order valence-electron chi connectivity index (χ2n) is 3.01. The van der Waals surface area contributed by atoms with Crippen LogP contribution in [-0.4, -0.2) is 9.67 Å². The van der Waals surface area contributed by atoms with Gasteiger partial charge in [0.15, 0.2) is 0 Å². The van der Waals surface area contributed by atoms with E-state index < -0.39 is 0 Å². The molecule has 0 atom stereocenters. The fourth-order valence-electron chi connectivity index (χ4n) is 1.42. The van der Waals surface area contributed by atoms with Crippen LogP contribution in [0.25, 0.3) is 5.69 Å². The first kappa shape index (κ1) is 9.49. The van der Waals surface area contributed by atoms with Crippen LogP contribution in [0.1, 0.15) is 5.69 Å². The molecule has 0 spiro atoms. The summed E-state index contributed by atoms with van der Waals surface area (Å²) in [5.74, 6) is 0. The second kappa shape index (κ2) is 3.98. The smallest absolute Gasteiger partial charge is 0.0836 e. The highest BCUT2D eigenvalue weighted by Gasteiger charge is 2.01. The standard InChI is InChI=1S/C11H10BrNO/c12-9-3-1-4-10(7-9)13-6-2-5-11(13)8-14/h1-7,14H,8H2. The molecule has 1 heterocycles. The van der Waals surface area contributed by atoms with E-state index in [1.807, 2.05) is 47.2 Å². The first-order chi connectivity index (χ1) is 6.81. The van der Waals surface area contributed by atoms with Crippen molar-refractivity contribution in [3.8, 4) is 5.69 Å². The average Bonchev–Trinajstić information content (AvgIpc) is 2.65. The Labute approximate surface area is 90.9 Å².